The first kappa shape index (κ1) is 8.13. The third-order valence-electron chi connectivity index (χ3n) is 0.401. The van der Waals surface area contributed by atoms with Crippen LogP contribution in [0.2, 0.25) is 0 Å². The van der Waals surface area contributed by atoms with Crippen molar-refractivity contribution in [1.82, 2.24) is 0 Å². The van der Waals surface area contributed by atoms with Gasteiger partial charge in [0.25, 0.3) is 0 Å². The highest BCUT2D eigenvalue weighted by atomic mass is 31.2. The lowest BCUT2D eigenvalue weighted by Crippen LogP contribution is -2.17. The maximum absolute atomic E-state index is 9.82. The average molecular weight is 140 g/mol. The second-order valence-corrected chi connectivity index (χ2v) is 3.02. The molecule has 0 saturated heterocycles. The van der Waals surface area contributed by atoms with Crippen molar-refractivity contribution in [3.05, 3.63) is 0 Å². The van der Waals surface area contributed by atoms with E-state index >= 15 is 0 Å². The molecule has 0 aromatic heterocycles. The maximum atomic E-state index is 9.82. The van der Waals surface area contributed by atoms with Crippen LogP contribution >= 0.6 is 7.60 Å². The fourth-order valence-electron chi connectivity index (χ4n) is 0.213. The van der Waals surface area contributed by atoms with E-state index in [1.165, 1.54) is 0 Å². The van der Waals surface area contributed by atoms with Gasteiger partial charge in [0.05, 0.1) is 6.06 Å². The second kappa shape index (κ2) is 2.61. The molecular weight excluding hydrogens is 134 g/mol. The molecule has 0 atom stereocenters. The average Bonchev–Trinajstić information content (AvgIpc) is 1.21. The Morgan fingerprint density at radius 3 is 1.75 bits per heavy atom. The van der Waals surface area contributed by atoms with Crippen LogP contribution in [0.25, 0.3) is 0 Å². The van der Waals surface area contributed by atoms with Gasteiger partial charge in [-0.25, -0.2) is 0 Å². The van der Waals surface area contributed by atoms with E-state index in [0.717, 1.165) is 0 Å². The Hall–Kier alpha value is 0.135. The molecule has 0 saturated carbocycles. The standard InChI is InChI=1S/CH6BO5P/c3-2(4)1-8(5,6)7/h3-4H,1H2,(H2,5,6,7). The minimum Gasteiger partial charge on any atom is -0.427 e. The monoisotopic (exact) mass is 140 g/mol. The molecule has 0 unspecified atom stereocenters. The predicted octanol–water partition coefficient (Wildman–Crippen LogP) is -1.82. The molecule has 0 aromatic rings. The summed E-state index contributed by atoms with van der Waals surface area (Å²) in [7, 11) is -6.14. The Kier molecular flexibility index (Phi) is 2.66. The molecule has 8 heavy (non-hydrogen) atoms. The molecule has 7 heteroatoms. The van der Waals surface area contributed by atoms with Crippen molar-refractivity contribution >= 4 is 14.7 Å². The highest BCUT2D eigenvalue weighted by molar-refractivity contribution is 7.54. The molecule has 0 radical (unpaired) electrons. The fraction of sp³-hybridized carbons (Fsp3) is 1.00. The quantitative estimate of drug-likeness (QED) is 0.267. The summed E-state index contributed by atoms with van der Waals surface area (Å²) in [4.78, 5) is 16.0. The van der Waals surface area contributed by atoms with Crippen molar-refractivity contribution in [2.75, 3.05) is 6.06 Å². The Balaban J connectivity index is 3.56. The predicted molar refractivity (Wildman–Crippen MR) is 27.1 cm³/mol. The van der Waals surface area contributed by atoms with Crippen LogP contribution in [0.5, 0.6) is 0 Å². The van der Waals surface area contributed by atoms with Crippen LogP contribution in [0.3, 0.4) is 0 Å². The van der Waals surface area contributed by atoms with Gasteiger partial charge in [0.15, 0.2) is 0 Å². The molecule has 0 aliphatic carbocycles. The van der Waals surface area contributed by atoms with E-state index in [0.29, 0.717) is 0 Å². The number of hydrogen-bond donors (Lipinski definition) is 4. The zero-order valence-corrected chi connectivity index (χ0v) is 4.82. The molecule has 0 rings (SSSR count). The van der Waals surface area contributed by atoms with Crippen LogP contribution in [0.4, 0.5) is 0 Å². The zero-order chi connectivity index (χ0) is 6.78. The highest BCUT2D eigenvalue weighted by Gasteiger charge is 2.21. The van der Waals surface area contributed by atoms with Crippen molar-refractivity contribution in [3.63, 3.8) is 0 Å². The van der Waals surface area contributed by atoms with E-state index in [4.69, 9.17) is 19.8 Å². The van der Waals surface area contributed by atoms with Crippen LogP contribution < -0.4 is 0 Å². The SMILES string of the molecule is O=P(O)(O)CB(O)O. The zero-order valence-electron chi connectivity index (χ0n) is 3.93. The van der Waals surface area contributed by atoms with Crippen LogP contribution in [-0.4, -0.2) is 33.0 Å². The van der Waals surface area contributed by atoms with E-state index in [1.807, 2.05) is 0 Å². The van der Waals surface area contributed by atoms with Gasteiger partial charge in [-0.3, -0.25) is 4.57 Å². The summed E-state index contributed by atoms with van der Waals surface area (Å²) in [5.41, 5.74) is 0. The minimum atomic E-state index is -4.22. The summed E-state index contributed by atoms with van der Waals surface area (Å²) < 4.78 is 9.82. The first-order valence-corrected chi connectivity index (χ1v) is 3.62. The summed E-state index contributed by atoms with van der Waals surface area (Å²) in [5.74, 6) is 0. The largest absolute Gasteiger partial charge is 0.463 e. The summed E-state index contributed by atoms with van der Waals surface area (Å²) >= 11 is 0. The summed E-state index contributed by atoms with van der Waals surface area (Å²) in [6.07, 6.45) is 0. The first-order chi connectivity index (χ1) is 3.42. The van der Waals surface area contributed by atoms with E-state index in [-0.39, 0.29) is 0 Å². The van der Waals surface area contributed by atoms with Gasteiger partial charge in [-0.05, 0) is 0 Å². The maximum Gasteiger partial charge on any atom is 0.463 e. The van der Waals surface area contributed by atoms with Crippen molar-refractivity contribution in [3.8, 4) is 0 Å². The number of rotatable bonds is 2. The smallest absolute Gasteiger partial charge is 0.427 e. The molecule has 48 valence electrons. The lowest BCUT2D eigenvalue weighted by atomic mass is 9.98. The molecule has 0 spiro atoms. The molecule has 5 nitrogen and oxygen atoms in total. The topological polar surface area (TPSA) is 98.0 Å². The van der Waals surface area contributed by atoms with E-state index in [9.17, 15) is 4.57 Å². The van der Waals surface area contributed by atoms with E-state index in [2.05, 4.69) is 0 Å². The van der Waals surface area contributed by atoms with Crippen LogP contribution in [0, 0.1) is 0 Å². The van der Waals surface area contributed by atoms with Gasteiger partial charge in [0, 0.05) is 0 Å². The lowest BCUT2D eigenvalue weighted by Gasteiger charge is -1.99. The lowest BCUT2D eigenvalue weighted by molar-refractivity contribution is 0.365. The molecular formula is CH6BO5P. The van der Waals surface area contributed by atoms with Gasteiger partial charge < -0.3 is 19.8 Å². The second-order valence-electron chi connectivity index (χ2n) is 1.33. The van der Waals surface area contributed by atoms with Gasteiger partial charge in [0.1, 0.15) is 0 Å². The molecule has 0 fully saturated rings. The molecule has 0 bridgehead atoms. The molecule has 0 aliphatic heterocycles. The Labute approximate surface area is 46.3 Å². The molecule has 0 aliphatic rings. The summed E-state index contributed by atoms with van der Waals surface area (Å²) in [6.45, 7) is 0. The van der Waals surface area contributed by atoms with Crippen LogP contribution in [0.1, 0.15) is 0 Å². The van der Waals surface area contributed by atoms with Gasteiger partial charge >= 0.3 is 14.7 Å². The van der Waals surface area contributed by atoms with Crippen LogP contribution in [0.15, 0.2) is 0 Å². The van der Waals surface area contributed by atoms with Crippen molar-refractivity contribution < 1.29 is 24.4 Å². The Bertz CT molecular complexity index is 105. The van der Waals surface area contributed by atoms with Crippen molar-refractivity contribution in [1.29, 1.82) is 0 Å². The normalized spacial score (nSPS) is 11.5. The Morgan fingerprint density at radius 1 is 1.38 bits per heavy atom. The van der Waals surface area contributed by atoms with E-state index in [1.54, 1.807) is 0 Å². The van der Waals surface area contributed by atoms with Gasteiger partial charge in [0.2, 0.25) is 0 Å². The number of hydrogen-bond acceptors (Lipinski definition) is 3. The third kappa shape index (κ3) is 6.13. The molecule has 0 amide bonds. The molecule has 4 N–H and O–H groups in total. The Morgan fingerprint density at radius 2 is 1.75 bits per heavy atom. The fourth-order valence-corrected chi connectivity index (χ4v) is 0.638. The van der Waals surface area contributed by atoms with Gasteiger partial charge in [-0.15, -0.1) is 0 Å². The molecule has 0 aromatic carbocycles. The van der Waals surface area contributed by atoms with Gasteiger partial charge in [-0.2, -0.15) is 0 Å². The van der Waals surface area contributed by atoms with Crippen molar-refractivity contribution in [2.24, 2.45) is 0 Å². The highest BCUT2D eigenvalue weighted by Crippen LogP contribution is 2.33. The summed E-state index contributed by atoms with van der Waals surface area (Å²) in [6, 6.07) is -0.896. The van der Waals surface area contributed by atoms with Crippen molar-refractivity contribution in [2.45, 2.75) is 0 Å². The molecule has 0 heterocycles. The third-order valence-corrected chi connectivity index (χ3v) is 1.20. The summed E-state index contributed by atoms with van der Waals surface area (Å²) in [5, 5.41) is 15.9. The van der Waals surface area contributed by atoms with Gasteiger partial charge in [-0.1, -0.05) is 0 Å². The minimum absolute atomic E-state index is 0.896. The van der Waals surface area contributed by atoms with E-state index < -0.39 is 20.8 Å². The first-order valence-electron chi connectivity index (χ1n) is 1.82. The van der Waals surface area contributed by atoms with Crippen LogP contribution in [-0.2, 0) is 4.57 Å².